The van der Waals surface area contributed by atoms with Crippen molar-refractivity contribution in [2.45, 2.75) is 6.54 Å². The lowest BCUT2D eigenvalue weighted by Crippen LogP contribution is -2.23. The number of furan rings is 1. The Balaban J connectivity index is 1.54. The first kappa shape index (κ1) is 14.6. The first-order chi connectivity index (χ1) is 11.8. The summed E-state index contributed by atoms with van der Waals surface area (Å²) < 4.78 is 5.57. The molecular weight excluding hydrogens is 322 g/mol. The molecule has 0 saturated carbocycles. The van der Waals surface area contributed by atoms with Gasteiger partial charge >= 0.3 is 0 Å². The van der Waals surface area contributed by atoms with Gasteiger partial charge in [0.1, 0.15) is 11.3 Å². The molecule has 0 aliphatic heterocycles. The van der Waals surface area contributed by atoms with E-state index in [1.54, 1.807) is 29.8 Å². The summed E-state index contributed by atoms with van der Waals surface area (Å²) >= 11 is 1.59. The number of benzene rings is 1. The summed E-state index contributed by atoms with van der Waals surface area (Å²) in [4.78, 5) is 22.1. The van der Waals surface area contributed by atoms with E-state index in [1.807, 2.05) is 41.8 Å². The molecule has 6 heteroatoms. The van der Waals surface area contributed by atoms with Gasteiger partial charge in [-0.15, -0.1) is 11.3 Å². The van der Waals surface area contributed by atoms with Gasteiger partial charge in [-0.3, -0.25) is 14.8 Å². The number of fused-ring (bicyclic) bond motifs is 1. The molecule has 0 aliphatic rings. The van der Waals surface area contributed by atoms with Crippen LogP contribution in [0.4, 0.5) is 0 Å². The number of rotatable bonds is 4. The second-order valence-corrected chi connectivity index (χ2v) is 6.11. The molecule has 0 atom stereocenters. The molecule has 3 aromatic heterocycles. The summed E-state index contributed by atoms with van der Waals surface area (Å²) in [6.07, 6.45) is 3.28. The van der Waals surface area contributed by atoms with Crippen molar-refractivity contribution in [2.75, 3.05) is 0 Å². The van der Waals surface area contributed by atoms with E-state index in [0.29, 0.717) is 5.58 Å². The average molecular weight is 335 g/mol. The van der Waals surface area contributed by atoms with Crippen LogP contribution in [0.3, 0.4) is 0 Å². The Kier molecular flexibility index (Phi) is 3.80. The lowest BCUT2D eigenvalue weighted by molar-refractivity contribution is 0.0925. The number of carbonyl (C=O) groups is 1. The third kappa shape index (κ3) is 2.79. The molecule has 3 heterocycles. The van der Waals surface area contributed by atoms with Crippen molar-refractivity contribution in [3.8, 4) is 10.6 Å². The minimum absolute atomic E-state index is 0.269. The second-order valence-electron chi connectivity index (χ2n) is 5.16. The number of hydrogen-bond donors (Lipinski definition) is 1. The number of nitrogens with zero attached hydrogens (tertiary/aromatic N) is 2. The highest BCUT2D eigenvalue weighted by Crippen LogP contribution is 2.24. The van der Waals surface area contributed by atoms with Gasteiger partial charge in [-0.05, 0) is 23.6 Å². The van der Waals surface area contributed by atoms with Gasteiger partial charge in [-0.2, -0.15) is 0 Å². The van der Waals surface area contributed by atoms with Gasteiger partial charge in [0.2, 0.25) is 0 Å². The van der Waals surface area contributed by atoms with E-state index in [0.717, 1.165) is 21.7 Å². The van der Waals surface area contributed by atoms with Gasteiger partial charge < -0.3 is 9.73 Å². The number of carbonyl (C=O) groups excluding carboxylic acids is 1. The lowest BCUT2D eigenvalue weighted by atomic mass is 10.2. The molecule has 1 aromatic carbocycles. The van der Waals surface area contributed by atoms with E-state index in [4.69, 9.17) is 4.42 Å². The van der Waals surface area contributed by atoms with Crippen LogP contribution in [-0.4, -0.2) is 15.9 Å². The zero-order chi connectivity index (χ0) is 16.4. The van der Waals surface area contributed by atoms with Crippen molar-refractivity contribution in [2.24, 2.45) is 0 Å². The summed E-state index contributed by atoms with van der Waals surface area (Å²) in [6, 6.07) is 13.2. The van der Waals surface area contributed by atoms with E-state index < -0.39 is 0 Å². The first-order valence-corrected chi connectivity index (χ1v) is 8.30. The summed E-state index contributed by atoms with van der Waals surface area (Å²) in [7, 11) is 0. The maximum Gasteiger partial charge on any atom is 0.287 e. The van der Waals surface area contributed by atoms with E-state index in [9.17, 15) is 4.79 Å². The fourth-order valence-corrected chi connectivity index (χ4v) is 3.20. The zero-order valence-electron chi connectivity index (χ0n) is 12.6. The molecule has 5 nitrogen and oxygen atoms in total. The molecule has 0 fully saturated rings. The van der Waals surface area contributed by atoms with Crippen LogP contribution in [-0.2, 0) is 6.54 Å². The van der Waals surface area contributed by atoms with E-state index >= 15 is 0 Å². The van der Waals surface area contributed by atoms with Crippen molar-refractivity contribution >= 4 is 28.2 Å². The number of para-hydroxylation sites is 1. The van der Waals surface area contributed by atoms with Crippen LogP contribution in [0.25, 0.3) is 21.5 Å². The predicted molar refractivity (Wildman–Crippen MR) is 92.7 cm³/mol. The molecule has 4 aromatic rings. The maximum atomic E-state index is 12.3. The highest BCUT2D eigenvalue weighted by Gasteiger charge is 2.14. The first-order valence-electron chi connectivity index (χ1n) is 7.42. The molecule has 4 rings (SSSR count). The van der Waals surface area contributed by atoms with Crippen LogP contribution in [0.1, 0.15) is 16.2 Å². The third-order valence-electron chi connectivity index (χ3n) is 3.59. The molecule has 1 amide bonds. The second kappa shape index (κ2) is 6.25. The molecule has 1 N–H and O–H groups in total. The van der Waals surface area contributed by atoms with Gasteiger partial charge in [-0.25, -0.2) is 0 Å². The van der Waals surface area contributed by atoms with Crippen LogP contribution in [0, 0.1) is 0 Å². The summed E-state index contributed by atoms with van der Waals surface area (Å²) in [6.45, 7) is 0.289. The Morgan fingerprint density at radius 2 is 2.00 bits per heavy atom. The van der Waals surface area contributed by atoms with Gasteiger partial charge in [0.05, 0.1) is 17.1 Å². The number of nitrogens with one attached hydrogen (secondary N) is 1. The highest BCUT2D eigenvalue weighted by atomic mass is 32.1. The smallest absolute Gasteiger partial charge is 0.287 e. The Labute approximate surface area is 142 Å². The Morgan fingerprint density at radius 1 is 1.12 bits per heavy atom. The maximum absolute atomic E-state index is 12.3. The van der Waals surface area contributed by atoms with Crippen LogP contribution < -0.4 is 5.32 Å². The van der Waals surface area contributed by atoms with Crippen molar-refractivity contribution in [1.82, 2.24) is 15.3 Å². The summed E-state index contributed by atoms with van der Waals surface area (Å²) in [5.74, 6) is 0.0201. The molecule has 0 aliphatic carbocycles. The van der Waals surface area contributed by atoms with Crippen molar-refractivity contribution in [3.63, 3.8) is 0 Å². The molecule has 0 spiro atoms. The van der Waals surface area contributed by atoms with Gasteiger partial charge in [0.25, 0.3) is 5.91 Å². The number of hydrogen-bond acceptors (Lipinski definition) is 5. The van der Waals surface area contributed by atoms with Crippen molar-refractivity contribution < 1.29 is 9.21 Å². The fraction of sp³-hybridized carbons (Fsp3) is 0.0556. The van der Waals surface area contributed by atoms with Crippen LogP contribution >= 0.6 is 11.3 Å². The molecule has 118 valence electrons. The van der Waals surface area contributed by atoms with Crippen LogP contribution in [0.2, 0.25) is 0 Å². The molecule has 24 heavy (non-hydrogen) atoms. The Morgan fingerprint density at radius 3 is 2.83 bits per heavy atom. The molecular formula is C18H13N3O2S. The van der Waals surface area contributed by atoms with E-state index in [-0.39, 0.29) is 18.2 Å². The van der Waals surface area contributed by atoms with E-state index in [1.165, 1.54) is 0 Å². The third-order valence-corrected chi connectivity index (χ3v) is 4.47. The molecule has 0 radical (unpaired) electrons. The SMILES string of the molecule is O=C(NCc1nccnc1-c1cccs1)c1cc2ccccc2o1. The van der Waals surface area contributed by atoms with E-state index in [2.05, 4.69) is 15.3 Å². The Bertz CT molecular complexity index is 959. The Hall–Kier alpha value is -2.99. The average Bonchev–Trinajstić information content (AvgIpc) is 3.29. The van der Waals surface area contributed by atoms with Crippen LogP contribution in [0.5, 0.6) is 0 Å². The fourth-order valence-electron chi connectivity index (χ4n) is 2.46. The van der Waals surface area contributed by atoms with Gasteiger partial charge in [0.15, 0.2) is 5.76 Å². The molecule has 0 unspecified atom stereocenters. The predicted octanol–water partition coefficient (Wildman–Crippen LogP) is 3.88. The molecule has 0 saturated heterocycles. The summed E-state index contributed by atoms with van der Waals surface area (Å²) in [5.41, 5.74) is 2.21. The lowest BCUT2D eigenvalue weighted by Gasteiger charge is -2.06. The van der Waals surface area contributed by atoms with Gasteiger partial charge in [0, 0.05) is 17.8 Å². The molecule has 0 bridgehead atoms. The van der Waals surface area contributed by atoms with Gasteiger partial charge in [-0.1, -0.05) is 24.3 Å². The number of amides is 1. The minimum Gasteiger partial charge on any atom is -0.451 e. The quantitative estimate of drug-likeness (QED) is 0.614. The topological polar surface area (TPSA) is 68.0 Å². The minimum atomic E-state index is -0.269. The standard InChI is InChI=1S/C18H13N3O2S/c22-18(15-10-12-4-1-2-5-14(12)23-15)21-11-13-17(20-8-7-19-13)16-6-3-9-24-16/h1-10H,11H2,(H,21,22). The van der Waals surface area contributed by atoms with Crippen molar-refractivity contribution in [3.05, 3.63) is 71.7 Å². The largest absolute Gasteiger partial charge is 0.451 e. The number of aromatic nitrogens is 2. The zero-order valence-corrected chi connectivity index (χ0v) is 13.4. The monoisotopic (exact) mass is 335 g/mol. The number of thiophene rings is 1. The van der Waals surface area contributed by atoms with Crippen molar-refractivity contribution in [1.29, 1.82) is 0 Å². The highest BCUT2D eigenvalue weighted by molar-refractivity contribution is 7.13. The normalized spacial score (nSPS) is 10.8. The summed E-state index contributed by atoms with van der Waals surface area (Å²) in [5, 5.41) is 5.74. The van der Waals surface area contributed by atoms with Crippen LogP contribution in [0.15, 0.2) is 64.7 Å².